The number of allylic oxidation sites excluding steroid dienone is 1. The molecule has 2 nitrogen and oxygen atoms in total. The average Bonchev–Trinajstić information content (AvgIpc) is 2.80. The molecule has 0 atom stereocenters. The molecule has 0 saturated heterocycles. The van der Waals surface area contributed by atoms with E-state index in [1.807, 2.05) is 0 Å². The van der Waals surface area contributed by atoms with Crippen molar-refractivity contribution in [3.63, 3.8) is 0 Å². The van der Waals surface area contributed by atoms with Crippen LogP contribution in [0.25, 0.3) is 11.3 Å². The van der Waals surface area contributed by atoms with Gasteiger partial charge in [-0.05, 0) is 113 Å². The van der Waals surface area contributed by atoms with E-state index in [1.165, 1.54) is 63.5 Å². The first-order chi connectivity index (χ1) is 15.2. The SMILES string of the molecule is C=C(NCCC1=CCCc2ccc(I)cc21)c1cccc(CNCC2CCCCC2)c1. The summed E-state index contributed by atoms with van der Waals surface area (Å²) in [6.07, 6.45) is 12.8. The Morgan fingerprint density at radius 1 is 1.06 bits per heavy atom. The van der Waals surface area contributed by atoms with Gasteiger partial charge < -0.3 is 10.6 Å². The number of rotatable bonds is 9. The molecular formula is C28H35IN2. The van der Waals surface area contributed by atoms with E-state index >= 15 is 0 Å². The summed E-state index contributed by atoms with van der Waals surface area (Å²) in [4.78, 5) is 0. The van der Waals surface area contributed by atoms with Crippen LogP contribution in [0.4, 0.5) is 0 Å². The smallest absolute Gasteiger partial charge is 0.0340 e. The second-order valence-corrected chi connectivity index (χ2v) is 10.3. The van der Waals surface area contributed by atoms with Gasteiger partial charge in [-0.15, -0.1) is 0 Å². The van der Waals surface area contributed by atoms with Crippen molar-refractivity contribution in [3.8, 4) is 0 Å². The molecule has 1 fully saturated rings. The largest absolute Gasteiger partial charge is 0.385 e. The van der Waals surface area contributed by atoms with Gasteiger partial charge in [0.25, 0.3) is 0 Å². The van der Waals surface area contributed by atoms with E-state index in [1.54, 1.807) is 0 Å². The number of hydrogen-bond acceptors (Lipinski definition) is 2. The maximum Gasteiger partial charge on any atom is 0.0340 e. The standard InChI is InChI=1S/C28H35IN2/c1-21(31-16-15-25-11-6-10-24-13-14-27(29)18-28(24)25)26-12-5-9-23(17-26)20-30-19-22-7-3-2-4-8-22/h5,9,11-14,17-18,22,30-31H,1-4,6-8,10,15-16,19-20H2. The zero-order valence-electron chi connectivity index (χ0n) is 18.6. The predicted octanol–water partition coefficient (Wildman–Crippen LogP) is 6.94. The highest BCUT2D eigenvalue weighted by Gasteiger charge is 2.14. The Balaban J connectivity index is 1.26. The molecule has 0 heterocycles. The molecule has 2 aliphatic carbocycles. The molecule has 4 rings (SSSR count). The molecule has 0 aromatic heterocycles. The summed E-state index contributed by atoms with van der Waals surface area (Å²) in [6.45, 7) is 7.32. The quantitative estimate of drug-likeness (QED) is 0.346. The topological polar surface area (TPSA) is 24.1 Å². The van der Waals surface area contributed by atoms with Crippen LogP contribution in [-0.2, 0) is 13.0 Å². The highest BCUT2D eigenvalue weighted by atomic mass is 127. The fraction of sp³-hybridized carbons (Fsp3) is 0.429. The van der Waals surface area contributed by atoms with Gasteiger partial charge in [0.15, 0.2) is 0 Å². The molecule has 0 bridgehead atoms. The van der Waals surface area contributed by atoms with Crippen LogP contribution in [0.1, 0.15) is 67.2 Å². The molecule has 0 aliphatic heterocycles. The lowest BCUT2D eigenvalue weighted by molar-refractivity contribution is 0.342. The summed E-state index contributed by atoms with van der Waals surface area (Å²) >= 11 is 2.41. The molecule has 0 amide bonds. The fourth-order valence-corrected chi connectivity index (χ4v) is 5.44. The zero-order valence-corrected chi connectivity index (χ0v) is 20.7. The molecule has 164 valence electrons. The van der Waals surface area contributed by atoms with Gasteiger partial charge in [0.2, 0.25) is 0 Å². The molecule has 2 N–H and O–H groups in total. The molecule has 0 radical (unpaired) electrons. The number of fused-ring (bicyclic) bond motifs is 1. The van der Waals surface area contributed by atoms with Gasteiger partial charge in [-0.3, -0.25) is 0 Å². The van der Waals surface area contributed by atoms with Gasteiger partial charge in [-0.25, -0.2) is 0 Å². The molecule has 31 heavy (non-hydrogen) atoms. The van der Waals surface area contributed by atoms with E-state index in [9.17, 15) is 0 Å². The lowest BCUT2D eigenvalue weighted by Gasteiger charge is -2.22. The molecule has 0 spiro atoms. The second-order valence-electron chi connectivity index (χ2n) is 9.06. The van der Waals surface area contributed by atoms with Crippen LogP contribution in [0.5, 0.6) is 0 Å². The summed E-state index contributed by atoms with van der Waals surface area (Å²) < 4.78 is 1.32. The maximum atomic E-state index is 4.31. The van der Waals surface area contributed by atoms with Gasteiger partial charge in [-0.1, -0.05) is 56.2 Å². The van der Waals surface area contributed by atoms with Crippen molar-refractivity contribution < 1.29 is 0 Å². The minimum Gasteiger partial charge on any atom is -0.385 e. The summed E-state index contributed by atoms with van der Waals surface area (Å²) in [5, 5.41) is 7.25. The number of halogens is 1. The Hall–Kier alpha value is -1.59. The van der Waals surface area contributed by atoms with Gasteiger partial charge >= 0.3 is 0 Å². The van der Waals surface area contributed by atoms with Crippen molar-refractivity contribution in [2.45, 2.75) is 57.9 Å². The van der Waals surface area contributed by atoms with E-state index in [0.717, 1.165) is 50.5 Å². The third-order valence-corrected chi connectivity index (χ3v) is 7.39. The third-order valence-electron chi connectivity index (χ3n) is 6.72. The van der Waals surface area contributed by atoms with E-state index in [0.29, 0.717) is 0 Å². The van der Waals surface area contributed by atoms with E-state index in [4.69, 9.17) is 0 Å². The summed E-state index contributed by atoms with van der Waals surface area (Å²) in [6, 6.07) is 15.7. The van der Waals surface area contributed by atoms with Crippen LogP contribution in [0, 0.1) is 9.49 Å². The Morgan fingerprint density at radius 2 is 1.94 bits per heavy atom. The molecular weight excluding hydrogens is 491 g/mol. The molecule has 0 unspecified atom stereocenters. The van der Waals surface area contributed by atoms with Crippen molar-refractivity contribution in [1.82, 2.24) is 10.6 Å². The molecule has 1 saturated carbocycles. The van der Waals surface area contributed by atoms with Crippen molar-refractivity contribution in [2.24, 2.45) is 5.92 Å². The van der Waals surface area contributed by atoms with Crippen LogP contribution < -0.4 is 10.6 Å². The number of benzene rings is 2. The molecule has 2 aromatic carbocycles. The minimum atomic E-state index is 0.871. The highest BCUT2D eigenvalue weighted by molar-refractivity contribution is 14.1. The second kappa shape index (κ2) is 11.3. The van der Waals surface area contributed by atoms with E-state index < -0.39 is 0 Å². The van der Waals surface area contributed by atoms with Crippen molar-refractivity contribution in [3.05, 3.63) is 80.9 Å². The normalized spacial score (nSPS) is 16.5. The maximum absolute atomic E-state index is 4.31. The van der Waals surface area contributed by atoms with Crippen LogP contribution in [-0.4, -0.2) is 13.1 Å². The van der Waals surface area contributed by atoms with Crippen LogP contribution in [0.2, 0.25) is 0 Å². The van der Waals surface area contributed by atoms with E-state index in [-0.39, 0.29) is 0 Å². The fourth-order valence-electron chi connectivity index (χ4n) is 4.95. The first-order valence-electron chi connectivity index (χ1n) is 11.9. The first kappa shape index (κ1) is 22.6. The zero-order chi connectivity index (χ0) is 21.5. The monoisotopic (exact) mass is 526 g/mol. The lowest BCUT2D eigenvalue weighted by Crippen LogP contribution is -2.24. The minimum absolute atomic E-state index is 0.871. The van der Waals surface area contributed by atoms with Gasteiger partial charge in [0, 0.05) is 22.4 Å². The van der Waals surface area contributed by atoms with E-state index in [2.05, 4.69) is 88.3 Å². The number of hydrogen-bond donors (Lipinski definition) is 2. The Morgan fingerprint density at radius 3 is 2.81 bits per heavy atom. The first-order valence-corrected chi connectivity index (χ1v) is 13.0. The van der Waals surface area contributed by atoms with Crippen molar-refractivity contribution in [1.29, 1.82) is 0 Å². The Labute approximate surface area is 201 Å². The average molecular weight is 527 g/mol. The summed E-state index contributed by atoms with van der Waals surface area (Å²) in [5.74, 6) is 0.871. The Kier molecular flexibility index (Phi) is 8.26. The molecule has 2 aromatic rings. The highest BCUT2D eigenvalue weighted by Crippen LogP contribution is 2.30. The summed E-state index contributed by atoms with van der Waals surface area (Å²) in [7, 11) is 0. The van der Waals surface area contributed by atoms with Gasteiger partial charge in [0.1, 0.15) is 0 Å². The predicted molar refractivity (Wildman–Crippen MR) is 142 cm³/mol. The summed E-state index contributed by atoms with van der Waals surface area (Å²) in [5.41, 5.74) is 7.97. The van der Waals surface area contributed by atoms with Crippen molar-refractivity contribution in [2.75, 3.05) is 13.1 Å². The Bertz CT molecular complexity index is 924. The van der Waals surface area contributed by atoms with Gasteiger partial charge in [-0.2, -0.15) is 0 Å². The number of aryl methyl sites for hydroxylation is 1. The third kappa shape index (κ3) is 6.45. The van der Waals surface area contributed by atoms with Crippen LogP contribution in [0.3, 0.4) is 0 Å². The molecule has 3 heteroatoms. The van der Waals surface area contributed by atoms with Gasteiger partial charge in [0.05, 0.1) is 0 Å². The van der Waals surface area contributed by atoms with Crippen molar-refractivity contribution >= 4 is 33.9 Å². The number of nitrogens with one attached hydrogen (secondary N) is 2. The van der Waals surface area contributed by atoms with Crippen LogP contribution in [0.15, 0.2) is 55.1 Å². The lowest BCUT2D eigenvalue weighted by atomic mass is 9.89. The van der Waals surface area contributed by atoms with Crippen LogP contribution >= 0.6 is 22.6 Å². The molecule has 2 aliphatic rings.